The number of nitro groups is 1. The molecule has 0 radical (unpaired) electrons. The van der Waals surface area contributed by atoms with Crippen LogP contribution in [0.5, 0.6) is 11.5 Å². The first-order valence-electron chi connectivity index (χ1n) is 5.52. The zero-order valence-electron chi connectivity index (χ0n) is 10.0. The van der Waals surface area contributed by atoms with Gasteiger partial charge in [0.1, 0.15) is 11.6 Å². The lowest BCUT2D eigenvalue weighted by molar-refractivity contribution is -0.385. The molecule has 104 valence electrons. The number of ether oxygens (including phenoxy) is 1. The molecule has 0 bridgehead atoms. The molecule has 0 atom stereocenters. The Morgan fingerprint density at radius 1 is 1.25 bits per heavy atom. The van der Waals surface area contributed by atoms with E-state index in [2.05, 4.69) is 0 Å². The quantitative estimate of drug-likeness (QED) is 0.690. The first-order chi connectivity index (χ1) is 9.51. The average Bonchev–Trinajstić information content (AvgIpc) is 2.40. The number of hydrogen-bond acceptors (Lipinski definition) is 4. The molecule has 0 aliphatic carbocycles. The Hall–Kier alpha value is -2.18. The van der Waals surface area contributed by atoms with Crippen LogP contribution in [-0.2, 0) is 6.61 Å². The van der Waals surface area contributed by atoms with Gasteiger partial charge in [0.2, 0.25) is 5.75 Å². The van der Waals surface area contributed by atoms with Crippen LogP contribution in [0.2, 0.25) is 5.02 Å². The Labute approximate surface area is 118 Å². The molecule has 1 N–H and O–H groups in total. The van der Waals surface area contributed by atoms with Crippen LogP contribution in [0.25, 0.3) is 0 Å². The Bertz CT molecular complexity index is 663. The van der Waals surface area contributed by atoms with E-state index in [-0.39, 0.29) is 27.8 Å². The molecule has 0 aliphatic rings. The van der Waals surface area contributed by atoms with Crippen molar-refractivity contribution in [3.63, 3.8) is 0 Å². The van der Waals surface area contributed by atoms with E-state index in [9.17, 15) is 14.5 Å². The van der Waals surface area contributed by atoms with Gasteiger partial charge in [-0.25, -0.2) is 4.39 Å². The number of nitro benzene ring substituents is 1. The van der Waals surface area contributed by atoms with Crippen LogP contribution in [0.3, 0.4) is 0 Å². The molecular formula is C13H9ClFNO4. The van der Waals surface area contributed by atoms with E-state index in [4.69, 9.17) is 21.4 Å². The first-order valence-corrected chi connectivity index (χ1v) is 5.90. The largest absolute Gasteiger partial charge is 0.450 e. The van der Waals surface area contributed by atoms with Gasteiger partial charge in [-0.2, -0.15) is 0 Å². The summed E-state index contributed by atoms with van der Waals surface area (Å²) in [5.74, 6) is -0.495. The predicted molar refractivity (Wildman–Crippen MR) is 70.5 cm³/mol. The van der Waals surface area contributed by atoms with E-state index in [1.807, 2.05) is 0 Å². The van der Waals surface area contributed by atoms with Crippen molar-refractivity contribution in [1.29, 1.82) is 0 Å². The fourth-order valence-electron chi connectivity index (χ4n) is 1.61. The predicted octanol–water partition coefficient (Wildman–Crippen LogP) is 3.67. The smallest absolute Gasteiger partial charge is 0.311 e. The van der Waals surface area contributed by atoms with Crippen LogP contribution in [-0.4, -0.2) is 10.0 Å². The number of aliphatic hydroxyl groups is 1. The van der Waals surface area contributed by atoms with Crippen LogP contribution in [0.15, 0.2) is 36.4 Å². The average molecular weight is 298 g/mol. The molecule has 20 heavy (non-hydrogen) atoms. The van der Waals surface area contributed by atoms with Gasteiger partial charge >= 0.3 is 5.69 Å². The van der Waals surface area contributed by atoms with Gasteiger partial charge in [0.15, 0.2) is 0 Å². The standard InChI is InChI=1S/C13H9ClFNO4/c14-9-1-3-11(16(18)19)13(6-9)20-12-4-2-10(15)5-8(12)7-17/h1-6,17H,7H2. The molecule has 0 saturated heterocycles. The zero-order chi connectivity index (χ0) is 14.7. The molecule has 0 fully saturated rings. The molecule has 5 nitrogen and oxygen atoms in total. The van der Waals surface area contributed by atoms with E-state index in [1.165, 1.54) is 24.3 Å². The highest BCUT2D eigenvalue weighted by atomic mass is 35.5. The highest BCUT2D eigenvalue weighted by molar-refractivity contribution is 6.30. The molecule has 2 aromatic rings. The Balaban J connectivity index is 2.44. The molecular weight excluding hydrogens is 289 g/mol. The van der Waals surface area contributed by atoms with Crippen molar-refractivity contribution in [3.05, 3.63) is 62.9 Å². The third-order valence-corrected chi connectivity index (χ3v) is 2.77. The number of hydrogen-bond donors (Lipinski definition) is 1. The SMILES string of the molecule is O=[N+]([O-])c1ccc(Cl)cc1Oc1ccc(F)cc1CO. The second-order valence-corrected chi connectivity index (χ2v) is 4.32. The second kappa shape index (κ2) is 5.85. The summed E-state index contributed by atoms with van der Waals surface area (Å²) in [6.45, 7) is -0.457. The Morgan fingerprint density at radius 3 is 2.65 bits per heavy atom. The molecule has 2 aromatic carbocycles. The zero-order valence-corrected chi connectivity index (χ0v) is 10.8. The van der Waals surface area contributed by atoms with E-state index >= 15 is 0 Å². The van der Waals surface area contributed by atoms with Crippen molar-refractivity contribution in [2.75, 3.05) is 0 Å². The van der Waals surface area contributed by atoms with Gasteiger partial charge in [-0.1, -0.05) is 11.6 Å². The van der Waals surface area contributed by atoms with Crippen molar-refractivity contribution < 1.29 is 19.2 Å². The molecule has 0 aliphatic heterocycles. The van der Waals surface area contributed by atoms with E-state index in [1.54, 1.807) is 0 Å². The lowest BCUT2D eigenvalue weighted by Crippen LogP contribution is -1.96. The summed E-state index contributed by atoms with van der Waals surface area (Å²) in [4.78, 5) is 10.3. The monoisotopic (exact) mass is 297 g/mol. The third-order valence-electron chi connectivity index (χ3n) is 2.53. The number of benzene rings is 2. The van der Waals surface area contributed by atoms with Gasteiger partial charge in [0, 0.05) is 22.7 Å². The van der Waals surface area contributed by atoms with Crippen molar-refractivity contribution >= 4 is 17.3 Å². The Morgan fingerprint density at radius 2 is 2.00 bits per heavy atom. The van der Waals surface area contributed by atoms with Gasteiger partial charge in [-0.15, -0.1) is 0 Å². The fourth-order valence-corrected chi connectivity index (χ4v) is 1.77. The molecule has 0 spiro atoms. The van der Waals surface area contributed by atoms with Crippen molar-refractivity contribution in [2.45, 2.75) is 6.61 Å². The number of rotatable bonds is 4. The number of aliphatic hydroxyl groups excluding tert-OH is 1. The minimum atomic E-state index is -0.617. The molecule has 7 heteroatoms. The highest BCUT2D eigenvalue weighted by Gasteiger charge is 2.17. The van der Waals surface area contributed by atoms with Gasteiger partial charge in [-0.05, 0) is 24.3 Å². The summed E-state index contributed by atoms with van der Waals surface area (Å²) in [6.07, 6.45) is 0. The molecule has 0 aromatic heterocycles. The van der Waals surface area contributed by atoms with Crippen LogP contribution in [0.1, 0.15) is 5.56 Å². The van der Waals surface area contributed by atoms with Crippen LogP contribution in [0, 0.1) is 15.9 Å². The molecule has 0 amide bonds. The second-order valence-electron chi connectivity index (χ2n) is 3.88. The maximum absolute atomic E-state index is 13.0. The first kappa shape index (κ1) is 14.2. The maximum atomic E-state index is 13.0. The van der Waals surface area contributed by atoms with Gasteiger partial charge in [0.25, 0.3) is 0 Å². The highest BCUT2D eigenvalue weighted by Crippen LogP contribution is 2.35. The summed E-state index contributed by atoms with van der Waals surface area (Å²) in [7, 11) is 0. The summed E-state index contributed by atoms with van der Waals surface area (Å²) >= 11 is 5.77. The van der Waals surface area contributed by atoms with Crippen LogP contribution >= 0.6 is 11.6 Å². The third kappa shape index (κ3) is 3.04. The van der Waals surface area contributed by atoms with Gasteiger partial charge in [-0.3, -0.25) is 10.1 Å². The summed E-state index contributed by atoms with van der Waals surface area (Å²) in [5.41, 5.74) is -0.0955. The molecule has 0 heterocycles. The summed E-state index contributed by atoms with van der Waals surface area (Å²) in [5, 5.41) is 20.3. The minimum absolute atomic E-state index is 0.0798. The normalized spacial score (nSPS) is 10.3. The number of nitrogens with zero attached hydrogens (tertiary/aromatic N) is 1. The van der Waals surface area contributed by atoms with E-state index in [0.29, 0.717) is 0 Å². The van der Waals surface area contributed by atoms with E-state index in [0.717, 1.165) is 12.1 Å². The molecule has 0 unspecified atom stereocenters. The van der Waals surface area contributed by atoms with Crippen LogP contribution in [0.4, 0.5) is 10.1 Å². The fraction of sp³-hybridized carbons (Fsp3) is 0.0769. The Kier molecular flexibility index (Phi) is 4.16. The number of halogens is 2. The molecule has 0 saturated carbocycles. The van der Waals surface area contributed by atoms with Crippen molar-refractivity contribution in [2.24, 2.45) is 0 Å². The van der Waals surface area contributed by atoms with Crippen LogP contribution < -0.4 is 4.74 Å². The van der Waals surface area contributed by atoms with Gasteiger partial charge in [0.05, 0.1) is 11.5 Å². The topological polar surface area (TPSA) is 72.6 Å². The van der Waals surface area contributed by atoms with E-state index < -0.39 is 17.3 Å². The minimum Gasteiger partial charge on any atom is -0.450 e. The lowest BCUT2D eigenvalue weighted by atomic mass is 10.2. The lowest BCUT2D eigenvalue weighted by Gasteiger charge is -2.10. The summed E-state index contributed by atoms with van der Waals surface area (Å²) in [6, 6.07) is 7.36. The van der Waals surface area contributed by atoms with Gasteiger partial charge < -0.3 is 9.84 Å². The molecule has 2 rings (SSSR count). The summed E-state index contributed by atoms with van der Waals surface area (Å²) < 4.78 is 18.4. The van der Waals surface area contributed by atoms with Crippen molar-refractivity contribution in [1.82, 2.24) is 0 Å². The maximum Gasteiger partial charge on any atom is 0.311 e. The van der Waals surface area contributed by atoms with Crippen molar-refractivity contribution in [3.8, 4) is 11.5 Å².